The highest BCUT2D eigenvalue weighted by Gasteiger charge is 2.37. The molecule has 1 saturated carbocycles. The molecule has 0 aromatic heterocycles. The Bertz CT molecular complexity index is 727. The van der Waals surface area contributed by atoms with Crippen LogP contribution in [0.3, 0.4) is 0 Å². The Balaban J connectivity index is 1.74. The Morgan fingerprint density at radius 1 is 1.35 bits per heavy atom. The van der Waals surface area contributed by atoms with Crippen molar-refractivity contribution < 1.29 is 9.53 Å². The van der Waals surface area contributed by atoms with E-state index in [2.05, 4.69) is 29.8 Å². The lowest BCUT2D eigenvalue weighted by Crippen LogP contribution is -2.39. The molecule has 26 heavy (non-hydrogen) atoms. The third kappa shape index (κ3) is 4.70. The Kier molecular flexibility index (Phi) is 6.81. The summed E-state index contributed by atoms with van der Waals surface area (Å²) in [6.45, 7) is 4.92. The van der Waals surface area contributed by atoms with Gasteiger partial charge in [0.05, 0.1) is 16.0 Å². The van der Waals surface area contributed by atoms with Crippen LogP contribution >= 0.6 is 39.9 Å². The third-order valence-corrected chi connectivity index (χ3v) is 6.54. The lowest BCUT2D eigenvalue weighted by atomic mass is 9.94. The number of carbonyl (C=O) groups is 1. The van der Waals surface area contributed by atoms with Gasteiger partial charge >= 0.3 is 0 Å². The smallest absolute Gasteiger partial charge is 0.266 e. The number of carbonyl (C=O) groups excluding carboxylic acids is 1. The number of hydrogen-bond donors (Lipinski definition) is 0. The van der Waals surface area contributed by atoms with Gasteiger partial charge in [-0.1, -0.05) is 63.2 Å². The van der Waals surface area contributed by atoms with Crippen molar-refractivity contribution in [3.8, 4) is 5.75 Å². The summed E-state index contributed by atoms with van der Waals surface area (Å²) in [7, 11) is 0. The molecule has 140 valence electrons. The Morgan fingerprint density at radius 2 is 2.08 bits per heavy atom. The van der Waals surface area contributed by atoms with Gasteiger partial charge in [-0.3, -0.25) is 9.69 Å². The van der Waals surface area contributed by atoms with E-state index in [1.54, 1.807) is 0 Å². The second kappa shape index (κ2) is 8.89. The molecule has 1 saturated heterocycles. The number of nitrogens with zero attached hydrogens (tertiary/aromatic N) is 1. The van der Waals surface area contributed by atoms with Gasteiger partial charge in [0.2, 0.25) is 0 Å². The fourth-order valence-corrected chi connectivity index (χ4v) is 5.18. The highest BCUT2D eigenvalue weighted by molar-refractivity contribution is 9.10. The SMILES string of the molecule is CC(C)COc1ccc(/C=C2\SC(=S)N(C3CCCCC3)C2=O)cc1Br. The standard InChI is InChI=1S/C20H24BrNO2S2/c1-13(2)12-24-17-9-8-14(10-16(17)21)11-18-19(23)22(20(25)26-18)15-6-4-3-5-7-15/h8-11,13,15H,3-7,12H2,1-2H3/b18-11-. The molecule has 0 bridgehead atoms. The minimum Gasteiger partial charge on any atom is -0.492 e. The summed E-state index contributed by atoms with van der Waals surface area (Å²) in [5.41, 5.74) is 0.970. The summed E-state index contributed by atoms with van der Waals surface area (Å²) in [5, 5.41) is 0. The Labute approximate surface area is 173 Å². The number of thiocarbonyl (C=S) groups is 1. The van der Waals surface area contributed by atoms with E-state index in [-0.39, 0.29) is 11.9 Å². The molecule has 0 N–H and O–H groups in total. The predicted octanol–water partition coefficient (Wildman–Crippen LogP) is 6.02. The second-order valence-corrected chi connectivity index (χ2v) is 9.77. The molecule has 3 nitrogen and oxygen atoms in total. The van der Waals surface area contributed by atoms with Crippen LogP contribution in [0.4, 0.5) is 0 Å². The summed E-state index contributed by atoms with van der Waals surface area (Å²) in [6.07, 6.45) is 7.69. The van der Waals surface area contributed by atoms with E-state index in [1.807, 2.05) is 29.2 Å². The lowest BCUT2D eigenvalue weighted by molar-refractivity contribution is -0.124. The molecule has 2 fully saturated rings. The number of thioether (sulfide) groups is 1. The Hall–Kier alpha value is -0.850. The number of halogens is 1. The number of rotatable bonds is 5. The maximum Gasteiger partial charge on any atom is 0.266 e. The fourth-order valence-electron chi connectivity index (χ4n) is 3.27. The first-order valence-electron chi connectivity index (χ1n) is 9.15. The monoisotopic (exact) mass is 453 g/mol. The first-order valence-corrected chi connectivity index (χ1v) is 11.2. The number of hydrogen-bond acceptors (Lipinski definition) is 4. The molecule has 0 unspecified atom stereocenters. The molecule has 0 atom stereocenters. The van der Waals surface area contributed by atoms with Crippen LogP contribution in [0.1, 0.15) is 51.5 Å². The fraction of sp³-hybridized carbons (Fsp3) is 0.500. The summed E-state index contributed by atoms with van der Waals surface area (Å²) in [4.78, 5) is 15.4. The molecule has 1 aliphatic heterocycles. The van der Waals surface area contributed by atoms with Gasteiger partial charge in [-0.2, -0.15) is 0 Å². The summed E-state index contributed by atoms with van der Waals surface area (Å²) < 4.78 is 7.39. The van der Waals surface area contributed by atoms with Crippen LogP contribution in [0.5, 0.6) is 5.75 Å². The summed E-state index contributed by atoms with van der Waals surface area (Å²) in [5.74, 6) is 1.36. The third-order valence-electron chi connectivity index (χ3n) is 4.59. The zero-order chi connectivity index (χ0) is 18.7. The zero-order valence-electron chi connectivity index (χ0n) is 15.2. The van der Waals surface area contributed by atoms with Crippen LogP contribution in [0.15, 0.2) is 27.6 Å². The average Bonchev–Trinajstić information content (AvgIpc) is 2.88. The number of benzene rings is 1. The van der Waals surface area contributed by atoms with Crippen molar-refractivity contribution in [2.45, 2.75) is 52.0 Å². The molecule has 1 aliphatic carbocycles. The van der Waals surface area contributed by atoms with E-state index < -0.39 is 0 Å². The molecule has 1 aromatic rings. The van der Waals surface area contributed by atoms with Crippen LogP contribution < -0.4 is 4.74 Å². The second-order valence-electron chi connectivity index (χ2n) is 7.24. The van der Waals surface area contributed by atoms with Crippen LogP contribution in [0.2, 0.25) is 0 Å². The minimum atomic E-state index is 0.0585. The lowest BCUT2D eigenvalue weighted by Gasteiger charge is -2.29. The minimum absolute atomic E-state index is 0.0585. The molecule has 6 heteroatoms. The van der Waals surface area contributed by atoms with Gasteiger partial charge in [-0.05, 0) is 58.5 Å². The predicted molar refractivity (Wildman–Crippen MR) is 116 cm³/mol. The normalized spacial score (nSPS) is 20.5. The Morgan fingerprint density at radius 3 is 2.73 bits per heavy atom. The van der Waals surface area contributed by atoms with E-state index in [4.69, 9.17) is 17.0 Å². The molecule has 1 amide bonds. The molecular formula is C20H24BrNO2S2. The first kappa shape index (κ1) is 19.9. The van der Waals surface area contributed by atoms with Crippen molar-refractivity contribution in [2.24, 2.45) is 5.92 Å². The van der Waals surface area contributed by atoms with Crippen molar-refractivity contribution in [2.75, 3.05) is 6.61 Å². The number of amides is 1. The first-order chi connectivity index (χ1) is 12.5. The zero-order valence-corrected chi connectivity index (χ0v) is 18.4. The molecule has 0 spiro atoms. The maximum absolute atomic E-state index is 12.9. The molecule has 0 radical (unpaired) electrons. The van der Waals surface area contributed by atoms with E-state index in [1.165, 1.54) is 31.0 Å². The topological polar surface area (TPSA) is 29.5 Å². The maximum atomic E-state index is 12.9. The highest BCUT2D eigenvalue weighted by atomic mass is 79.9. The molecule has 1 heterocycles. The summed E-state index contributed by atoms with van der Waals surface area (Å²) >= 11 is 10.5. The van der Waals surface area contributed by atoms with E-state index in [0.717, 1.165) is 28.6 Å². The highest BCUT2D eigenvalue weighted by Crippen LogP contribution is 2.38. The van der Waals surface area contributed by atoms with Gasteiger partial charge in [0.1, 0.15) is 10.1 Å². The van der Waals surface area contributed by atoms with Gasteiger partial charge < -0.3 is 4.74 Å². The van der Waals surface area contributed by atoms with Crippen LogP contribution in [0.25, 0.3) is 6.08 Å². The van der Waals surface area contributed by atoms with E-state index in [0.29, 0.717) is 21.8 Å². The van der Waals surface area contributed by atoms with Gasteiger partial charge in [0.15, 0.2) is 0 Å². The van der Waals surface area contributed by atoms with Crippen molar-refractivity contribution in [1.29, 1.82) is 0 Å². The van der Waals surface area contributed by atoms with Gasteiger partial charge in [0, 0.05) is 6.04 Å². The van der Waals surface area contributed by atoms with Crippen molar-refractivity contribution in [3.05, 3.63) is 33.1 Å². The average molecular weight is 454 g/mol. The largest absolute Gasteiger partial charge is 0.492 e. The van der Waals surface area contributed by atoms with E-state index >= 15 is 0 Å². The van der Waals surface area contributed by atoms with Crippen molar-refractivity contribution in [1.82, 2.24) is 4.90 Å². The molecular weight excluding hydrogens is 430 g/mol. The van der Waals surface area contributed by atoms with Gasteiger partial charge in [-0.25, -0.2) is 0 Å². The molecule has 2 aliphatic rings. The van der Waals surface area contributed by atoms with Gasteiger partial charge in [0.25, 0.3) is 5.91 Å². The van der Waals surface area contributed by atoms with Crippen LogP contribution in [0, 0.1) is 5.92 Å². The van der Waals surface area contributed by atoms with Crippen LogP contribution in [-0.4, -0.2) is 27.8 Å². The van der Waals surface area contributed by atoms with Crippen molar-refractivity contribution in [3.63, 3.8) is 0 Å². The summed E-state index contributed by atoms with van der Waals surface area (Å²) in [6, 6.07) is 6.19. The van der Waals surface area contributed by atoms with Gasteiger partial charge in [-0.15, -0.1) is 0 Å². The molecule has 3 rings (SSSR count). The van der Waals surface area contributed by atoms with Crippen LogP contribution in [-0.2, 0) is 4.79 Å². The number of ether oxygens (including phenoxy) is 1. The van der Waals surface area contributed by atoms with Crippen molar-refractivity contribution >= 4 is 56.2 Å². The quantitative estimate of drug-likeness (QED) is 0.402. The molecule has 1 aromatic carbocycles. The van der Waals surface area contributed by atoms with E-state index in [9.17, 15) is 4.79 Å².